The summed E-state index contributed by atoms with van der Waals surface area (Å²) in [4.78, 5) is 16.0. The number of anilines is 3. The lowest BCUT2D eigenvalue weighted by Gasteiger charge is -2.27. The number of aromatic amines is 1. The van der Waals surface area contributed by atoms with Crippen molar-refractivity contribution in [2.45, 2.75) is 19.3 Å². The maximum Gasteiger partial charge on any atom is 0.233 e. The Bertz CT molecular complexity index is 1200. The molecule has 2 N–H and O–H groups in total. The number of aromatic nitrogens is 5. The lowest BCUT2D eigenvalue weighted by atomic mass is 10.1. The van der Waals surface area contributed by atoms with E-state index in [1.165, 1.54) is 18.6 Å². The Morgan fingerprint density at radius 2 is 1.83 bits per heavy atom. The fourth-order valence-corrected chi connectivity index (χ4v) is 3.83. The van der Waals surface area contributed by atoms with Gasteiger partial charge in [-0.1, -0.05) is 23.7 Å². The maximum atomic E-state index is 13.7. The van der Waals surface area contributed by atoms with Crippen LogP contribution in [0.5, 0.6) is 0 Å². The predicted molar refractivity (Wildman–Crippen MR) is 116 cm³/mol. The molecule has 0 atom stereocenters. The fourth-order valence-electron chi connectivity index (χ4n) is 3.61. The molecule has 0 saturated carbocycles. The van der Waals surface area contributed by atoms with Gasteiger partial charge in [-0.3, -0.25) is 5.10 Å². The topological polar surface area (TPSA) is 82.6 Å². The van der Waals surface area contributed by atoms with Crippen molar-refractivity contribution in [3.63, 3.8) is 0 Å². The molecule has 9 heteroatoms. The van der Waals surface area contributed by atoms with Crippen molar-refractivity contribution in [1.82, 2.24) is 25.1 Å². The highest BCUT2D eigenvalue weighted by molar-refractivity contribution is 6.33. The van der Waals surface area contributed by atoms with Crippen LogP contribution in [0.25, 0.3) is 22.3 Å². The normalized spacial score (nSPS) is 14.3. The van der Waals surface area contributed by atoms with Crippen molar-refractivity contribution < 1.29 is 4.39 Å². The number of fused-ring (bicyclic) bond motifs is 1. The first-order valence-corrected chi connectivity index (χ1v) is 10.2. The van der Waals surface area contributed by atoms with Gasteiger partial charge < -0.3 is 10.2 Å². The first-order valence-electron chi connectivity index (χ1n) is 9.84. The highest BCUT2D eigenvalue weighted by Gasteiger charge is 2.19. The molecule has 7 nitrogen and oxygen atoms in total. The summed E-state index contributed by atoms with van der Waals surface area (Å²) in [6.45, 7) is 1.78. The van der Waals surface area contributed by atoms with E-state index in [0.717, 1.165) is 37.0 Å². The summed E-state index contributed by atoms with van der Waals surface area (Å²) in [7, 11) is 0. The second kappa shape index (κ2) is 7.87. The zero-order valence-corrected chi connectivity index (χ0v) is 16.8. The van der Waals surface area contributed by atoms with E-state index >= 15 is 0 Å². The zero-order chi connectivity index (χ0) is 20.5. The molecule has 2 aromatic carbocycles. The van der Waals surface area contributed by atoms with Crippen LogP contribution in [0.4, 0.5) is 22.1 Å². The molecule has 152 valence electrons. The van der Waals surface area contributed by atoms with Gasteiger partial charge in [0.15, 0.2) is 11.6 Å². The summed E-state index contributed by atoms with van der Waals surface area (Å²) >= 11 is 6.39. The molecular weight excluding hydrogens is 405 g/mol. The van der Waals surface area contributed by atoms with Crippen molar-refractivity contribution >= 4 is 40.2 Å². The number of benzene rings is 2. The Morgan fingerprint density at radius 3 is 2.67 bits per heavy atom. The minimum Gasteiger partial charge on any atom is -0.341 e. The lowest BCUT2D eigenvalue weighted by molar-refractivity contribution is 0.568. The molecular formula is C21H19ClFN7. The third-order valence-electron chi connectivity index (χ3n) is 5.13. The third-order valence-corrected chi connectivity index (χ3v) is 5.46. The highest BCUT2D eigenvalue weighted by atomic mass is 35.5. The summed E-state index contributed by atoms with van der Waals surface area (Å²) in [6, 6.07) is 11.9. The van der Waals surface area contributed by atoms with Gasteiger partial charge >= 0.3 is 0 Å². The predicted octanol–water partition coefficient (Wildman–Crippen LogP) is 4.94. The number of hydrogen-bond acceptors (Lipinski definition) is 6. The molecule has 5 rings (SSSR count). The molecule has 30 heavy (non-hydrogen) atoms. The summed E-state index contributed by atoms with van der Waals surface area (Å²) < 4.78 is 13.7. The van der Waals surface area contributed by atoms with Gasteiger partial charge in [-0.05, 0) is 49.6 Å². The number of halogens is 2. The standard InChI is InChI=1S/C21H19ClFN7/c22-16-7-3-2-6-14(16)18-24-20(27-21(26-18)30-10-4-1-5-11-30)25-19-15-12-13(23)8-9-17(15)28-29-19/h2-3,6-9,12H,1,4-5,10-11H2,(H2,24,25,26,27,28,29). The Morgan fingerprint density at radius 1 is 1.00 bits per heavy atom. The Labute approximate surface area is 177 Å². The van der Waals surface area contributed by atoms with Crippen molar-refractivity contribution in [2.24, 2.45) is 0 Å². The molecule has 0 aliphatic carbocycles. The van der Waals surface area contributed by atoms with Crippen LogP contribution in [0, 0.1) is 5.82 Å². The Hall–Kier alpha value is -3.26. The largest absolute Gasteiger partial charge is 0.341 e. The van der Waals surface area contributed by atoms with E-state index in [2.05, 4.69) is 35.4 Å². The van der Waals surface area contributed by atoms with E-state index in [-0.39, 0.29) is 5.82 Å². The second-order valence-electron chi connectivity index (χ2n) is 7.20. The van der Waals surface area contributed by atoms with Gasteiger partial charge in [-0.15, -0.1) is 0 Å². The van der Waals surface area contributed by atoms with E-state index in [4.69, 9.17) is 11.6 Å². The molecule has 0 unspecified atom stereocenters. The molecule has 0 radical (unpaired) electrons. The minimum atomic E-state index is -0.339. The molecule has 0 spiro atoms. The van der Waals surface area contributed by atoms with Crippen LogP contribution in [0.15, 0.2) is 42.5 Å². The molecule has 0 bridgehead atoms. The summed E-state index contributed by atoms with van der Waals surface area (Å²) in [5.74, 6) is 1.51. The van der Waals surface area contributed by atoms with Crippen LogP contribution < -0.4 is 10.2 Å². The van der Waals surface area contributed by atoms with Crippen LogP contribution in [0.2, 0.25) is 5.02 Å². The monoisotopic (exact) mass is 423 g/mol. The van der Waals surface area contributed by atoms with E-state index in [1.807, 2.05) is 18.2 Å². The van der Waals surface area contributed by atoms with Crippen LogP contribution >= 0.6 is 11.6 Å². The lowest BCUT2D eigenvalue weighted by Crippen LogP contribution is -2.31. The van der Waals surface area contributed by atoms with E-state index in [9.17, 15) is 4.39 Å². The van der Waals surface area contributed by atoms with E-state index in [1.54, 1.807) is 12.1 Å². The SMILES string of the molecule is Fc1ccc2[nH]nc(Nc3nc(-c4ccccc4Cl)nc(N4CCCCC4)n3)c2c1. The van der Waals surface area contributed by atoms with Gasteiger partial charge in [0, 0.05) is 24.0 Å². The van der Waals surface area contributed by atoms with Gasteiger partial charge in [0.1, 0.15) is 5.82 Å². The molecule has 1 aliphatic rings. The molecule has 2 aromatic heterocycles. The summed E-state index contributed by atoms with van der Waals surface area (Å²) in [5, 5.41) is 11.4. The number of nitrogens with zero attached hydrogens (tertiary/aromatic N) is 5. The first-order chi connectivity index (χ1) is 14.7. The van der Waals surface area contributed by atoms with Crippen molar-refractivity contribution in [1.29, 1.82) is 0 Å². The number of nitrogens with one attached hydrogen (secondary N) is 2. The zero-order valence-electron chi connectivity index (χ0n) is 16.1. The quantitative estimate of drug-likeness (QED) is 0.483. The highest BCUT2D eigenvalue weighted by Crippen LogP contribution is 2.29. The van der Waals surface area contributed by atoms with E-state index < -0.39 is 0 Å². The van der Waals surface area contributed by atoms with Gasteiger partial charge in [0.25, 0.3) is 0 Å². The van der Waals surface area contributed by atoms with E-state index in [0.29, 0.717) is 33.9 Å². The van der Waals surface area contributed by atoms with Crippen molar-refractivity contribution in [2.75, 3.05) is 23.3 Å². The van der Waals surface area contributed by atoms with Crippen molar-refractivity contribution in [3.8, 4) is 11.4 Å². The Kier molecular flexibility index (Phi) is 4.92. The molecule has 0 amide bonds. The fraction of sp³-hybridized carbons (Fsp3) is 0.238. The molecule has 3 heterocycles. The van der Waals surface area contributed by atoms with Gasteiger partial charge in [0.2, 0.25) is 11.9 Å². The molecule has 1 aliphatic heterocycles. The average Bonchev–Trinajstić information content (AvgIpc) is 3.16. The van der Waals surface area contributed by atoms with Crippen LogP contribution in [-0.2, 0) is 0 Å². The molecule has 1 fully saturated rings. The summed E-state index contributed by atoms with van der Waals surface area (Å²) in [5.41, 5.74) is 1.44. The number of H-pyrrole nitrogens is 1. The third kappa shape index (κ3) is 3.66. The van der Waals surface area contributed by atoms with Crippen LogP contribution in [0.3, 0.4) is 0 Å². The van der Waals surface area contributed by atoms with Gasteiger partial charge in [0.05, 0.1) is 10.5 Å². The molecule has 1 saturated heterocycles. The van der Waals surface area contributed by atoms with Crippen LogP contribution in [-0.4, -0.2) is 38.2 Å². The first kappa shape index (κ1) is 18.7. The maximum absolute atomic E-state index is 13.7. The van der Waals surface area contributed by atoms with Gasteiger partial charge in [-0.2, -0.15) is 20.1 Å². The van der Waals surface area contributed by atoms with Gasteiger partial charge in [-0.25, -0.2) is 4.39 Å². The van der Waals surface area contributed by atoms with Crippen molar-refractivity contribution in [3.05, 3.63) is 53.3 Å². The second-order valence-corrected chi connectivity index (χ2v) is 7.60. The number of piperidine rings is 1. The average molecular weight is 424 g/mol. The van der Waals surface area contributed by atoms with Crippen LogP contribution in [0.1, 0.15) is 19.3 Å². The number of rotatable bonds is 4. The summed E-state index contributed by atoms with van der Waals surface area (Å²) in [6.07, 6.45) is 3.40. The number of hydrogen-bond donors (Lipinski definition) is 2. The molecule has 4 aromatic rings. The smallest absolute Gasteiger partial charge is 0.233 e. The minimum absolute atomic E-state index is 0.332. The Balaban J connectivity index is 1.58.